The highest BCUT2D eigenvalue weighted by Crippen LogP contribution is 2.35. The predicted octanol–water partition coefficient (Wildman–Crippen LogP) is 5.87. The average Bonchev–Trinajstić information content (AvgIpc) is 2.58. The highest BCUT2D eigenvalue weighted by Gasteiger charge is 2.32. The lowest BCUT2D eigenvalue weighted by Crippen LogP contribution is -2.21. The molecule has 0 unspecified atom stereocenters. The SMILES string of the molecule is CC(C)c1ccc(C(F)(F)F)cc1OCC(=O)Nc1cccc(C(F)(F)F)c1. The molecule has 0 bridgehead atoms. The maximum atomic E-state index is 12.9. The summed E-state index contributed by atoms with van der Waals surface area (Å²) in [6, 6.07) is 6.98. The highest BCUT2D eigenvalue weighted by molar-refractivity contribution is 5.92. The van der Waals surface area contributed by atoms with Gasteiger partial charge < -0.3 is 10.1 Å². The number of hydrogen-bond donors (Lipinski definition) is 1. The number of rotatable bonds is 5. The van der Waals surface area contributed by atoms with Gasteiger partial charge in [0.05, 0.1) is 11.1 Å². The van der Waals surface area contributed by atoms with Gasteiger partial charge in [-0.25, -0.2) is 0 Å². The van der Waals surface area contributed by atoms with Crippen molar-refractivity contribution in [2.24, 2.45) is 0 Å². The van der Waals surface area contributed by atoms with Crippen molar-refractivity contribution >= 4 is 11.6 Å². The Balaban J connectivity index is 2.12. The van der Waals surface area contributed by atoms with Crippen molar-refractivity contribution in [1.82, 2.24) is 0 Å². The predicted molar refractivity (Wildman–Crippen MR) is 91.1 cm³/mol. The molecular weight excluding hydrogens is 388 g/mol. The van der Waals surface area contributed by atoms with Gasteiger partial charge >= 0.3 is 12.4 Å². The van der Waals surface area contributed by atoms with Gasteiger partial charge in [-0.05, 0) is 41.8 Å². The quantitative estimate of drug-likeness (QED) is 0.633. The van der Waals surface area contributed by atoms with Crippen molar-refractivity contribution in [2.45, 2.75) is 32.1 Å². The van der Waals surface area contributed by atoms with E-state index in [-0.39, 0.29) is 17.4 Å². The molecule has 0 atom stereocenters. The van der Waals surface area contributed by atoms with Gasteiger partial charge in [-0.3, -0.25) is 4.79 Å². The van der Waals surface area contributed by atoms with Gasteiger partial charge in [-0.2, -0.15) is 26.3 Å². The number of halogens is 6. The molecule has 0 heterocycles. The zero-order valence-electron chi connectivity index (χ0n) is 14.9. The number of carbonyl (C=O) groups is 1. The van der Waals surface area contributed by atoms with Crippen molar-refractivity contribution in [2.75, 3.05) is 11.9 Å². The lowest BCUT2D eigenvalue weighted by atomic mass is 10.00. The third kappa shape index (κ3) is 5.64. The molecule has 0 saturated heterocycles. The Labute approximate surface area is 157 Å². The second kappa shape index (κ2) is 8.12. The van der Waals surface area contributed by atoms with E-state index in [4.69, 9.17) is 4.74 Å². The van der Waals surface area contributed by atoms with Gasteiger partial charge in [0, 0.05) is 5.69 Å². The normalized spacial score (nSPS) is 12.2. The van der Waals surface area contributed by atoms with E-state index in [1.54, 1.807) is 13.8 Å². The first-order valence-corrected chi connectivity index (χ1v) is 8.19. The summed E-state index contributed by atoms with van der Waals surface area (Å²) >= 11 is 0. The Kier molecular flexibility index (Phi) is 6.26. The van der Waals surface area contributed by atoms with Gasteiger partial charge in [0.15, 0.2) is 6.61 Å². The second-order valence-electron chi connectivity index (χ2n) is 6.32. The van der Waals surface area contributed by atoms with E-state index in [9.17, 15) is 31.1 Å². The molecule has 0 aliphatic heterocycles. The minimum atomic E-state index is -4.58. The van der Waals surface area contributed by atoms with Crippen LogP contribution < -0.4 is 10.1 Å². The van der Waals surface area contributed by atoms with E-state index < -0.39 is 36.0 Å². The number of hydrogen-bond acceptors (Lipinski definition) is 2. The van der Waals surface area contributed by atoms with Crippen LogP contribution in [0, 0.1) is 0 Å². The Morgan fingerprint density at radius 3 is 2.14 bits per heavy atom. The molecule has 3 nitrogen and oxygen atoms in total. The number of nitrogens with one attached hydrogen (secondary N) is 1. The summed E-state index contributed by atoms with van der Waals surface area (Å²) in [5.41, 5.74) is -1.49. The highest BCUT2D eigenvalue weighted by atomic mass is 19.4. The van der Waals surface area contributed by atoms with E-state index in [2.05, 4.69) is 5.32 Å². The minimum absolute atomic E-state index is 0.100. The summed E-state index contributed by atoms with van der Waals surface area (Å²) in [7, 11) is 0. The van der Waals surface area contributed by atoms with Gasteiger partial charge in [0.1, 0.15) is 5.75 Å². The Morgan fingerprint density at radius 1 is 0.964 bits per heavy atom. The van der Waals surface area contributed by atoms with Crippen LogP contribution in [0.15, 0.2) is 42.5 Å². The van der Waals surface area contributed by atoms with Crippen LogP contribution in [0.1, 0.15) is 36.5 Å². The van der Waals surface area contributed by atoms with Crippen molar-refractivity contribution in [3.63, 3.8) is 0 Å². The van der Waals surface area contributed by atoms with Crippen LogP contribution in [-0.2, 0) is 17.1 Å². The molecule has 2 aromatic carbocycles. The smallest absolute Gasteiger partial charge is 0.416 e. The molecule has 0 aliphatic rings. The first-order chi connectivity index (χ1) is 12.9. The third-order valence-corrected chi connectivity index (χ3v) is 3.80. The lowest BCUT2D eigenvalue weighted by Gasteiger charge is -2.17. The number of alkyl halides is 6. The molecular formula is C19H17F6NO2. The Morgan fingerprint density at radius 2 is 1.57 bits per heavy atom. The van der Waals surface area contributed by atoms with Crippen LogP contribution in [0.5, 0.6) is 5.75 Å². The largest absolute Gasteiger partial charge is 0.483 e. The van der Waals surface area contributed by atoms with Crippen molar-refractivity contribution in [3.8, 4) is 5.75 Å². The molecule has 2 rings (SSSR count). The van der Waals surface area contributed by atoms with Crippen LogP contribution in [0.2, 0.25) is 0 Å². The minimum Gasteiger partial charge on any atom is -0.483 e. The lowest BCUT2D eigenvalue weighted by molar-refractivity contribution is -0.138. The fourth-order valence-electron chi connectivity index (χ4n) is 2.43. The standard InChI is InChI=1S/C19H17F6NO2/c1-11(2)15-7-6-13(19(23,24)25)9-16(15)28-10-17(27)26-14-5-3-4-12(8-14)18(20,21)22/h3-9,11H,10H2,1-2H3,(H,26,27). The second-order valence-corrected chi connectivity index (χ2v) is 6.32. The van der Waals surface area contributed by atoms with E-state index >= 15 is 0 Å². The number of amides is 1. The van der Waals surface area contributed by atoms with Gasteiger partial charge in [-0.1, -0.05) is 26.0 Å². The molecule has 9 heteroatoms. The maximum absolute atomic E-state index is 12.9. The van der Waals surface area contributed by atoms with Gasteiger partial charge in [0.25, 0.3) is 5.91 Å². The molecule has 0 fully saturated rings. The summed E-state index contributed by atoms with van der Waals surface area (Å²) in [4.78, 5) is 12.0. The van der Waals surface area contributed by atoms with Crippen molar-refractivity contribution in [3.05, 3.63) is 59.2 Å². The molecule has 0 aliphatic carbocycles. The fourth-order valence-corrected chi connectivity index (χ4v) is 2.43. The molecule has 152 valence electrons. The molecule has 2 aromatic rings. The van der Waals surface area contributed by atoms with Gasteiger partial charge in [-0.15, -0.1) is 0 Å². The van der Waals surface area contributed by atoms with Crippen LogP contribution >= 0.6 is 0 Å². The fraction of sp³-hybridized carbons (Fsp3) is 0.316. The Bertz CT molecular complexity index is 843. The summed E-state index contributed by atoms with van der Waals surface area (Å²) in [6.07, 6.45) is -9.14. The number of anilines is 1. The summed E-state index contributed by atoms with van der Waals surface area (Å²) in [6.45, 7) is 2.84. The third-order valence-electron chi connectivity index (χ3n) is 3.80. The summed E-state index contributed by atoms with van der Waals surface area (Å²) in [5, 5.41) is 2.23. The van der Waals surface area contributed by atoms with E-state index in [1.807, 2.05) is 0 Å². The van der Waals surface area contributed by atoms with Crippen molar-refractivity contribution < 1.29 is 35.9 Å². The summed E-state index contributed by atoms with van der Waals surface area (Å²) < 4.78 is 82.0. The van der Waals surface area contributed by atoms with Crippen LogP contribution in [0.4, 0.5) is 32.0 Å². The van der Waals surface area contributed by atoms with Crippen LogP contribution in [0.3, 0.4) is 0 Å². The molecule has 0 spiro atoms. The molecule has 0 radical (unpaired) electrons. The maximum Gasteiger partial charge on any atom is 0.416 e. The van der Waals surface area contributed by atoms with E-state index in [0.29, 0.717) is 5.56 Å². The van der Waals surface area contributed by atoms with E-state index in [1.165, 1.54) is 12.1 Å². The van der Waals surface area contributed by atoms with E-state index in [0.717, 1.165) is 30.3 Å². The number of carbonyl (C=O) groups excluding carboxylic acids is 1. The number of ether oxygens (including phenoxy) is 1. The van der Waals surface area contributed by atoms with Crippen LogP contribution in [0.25, 0.3) is 0 Å². The molecule has 0 saturated carbocycles. The average molecular weight is 405 g/mol. The first kappa shape index (κ1) is 21.6. The number of benzene rings is 2. The van der Waals surface area contributed by atoms with Gasteiger partial charge in [0.2, 0.25) is 0 Å². The summed E-state index contributed by atoms with van der Waals surface area (Å²) in [5.74, 6) is -1.07. The molecule has 1 N–H and O–H groups in total. The van der Waals surface area contributed by atoms with Crippen molar-refractivity contribution in [1.29, 1.82) is 0 Å². The first-order valence-electron chi connectivity index (χ1n) is 8.19. The zero-order valence-corrected chi connectivity index (χ0v) is 14.9. The zero-order chi connectivity index (χ0) is 21.1. The molecule has 28 heavy (non-hydrogen) atoms. The molecule has 0 aromatic heterocycles. The Hall–Kier alpha value is -2.71. The topological polar surface area (TPSA) is 38.3 Å². The van der Waals surface area contributed by atoms with Crippen LogP contribution in [-0.4, -0.2) is 12.5 Å². The monoisotopic (exact) mass is 405 g/mol. The molecule has 1 amide bonds.